The molecule has 1 atom stereocenters. The summed E-state index contributed by atoms with van der Waals surface area (Å²) in [5, 5.41) is 9.71. The van der Waals surface area contributed by atoms with Crippen molar-refractivity contribution in [3.05, 3.63) is 65.7 Å². The van der Waals surface area contributed by atoms with E-state index in [0.29, 0.717) is 11.7 Å². The van der Waals surface area contributed by atoms with Gasteiger partial charge in [-0.15, -0.1) is 0 Å². The van der Waals surface area contributed by atoms with Crippen molar-refractivity contribution in [1.82, 2.24) is 29.5 Å². The lowest BCUT2D eigenvalue weighted by Crippen LogP contribution is -2.29. The summed E-state index contributed by atoms with van der Waals surface area (Å²) < 4.78 is 1.85. The van der Waals surface area contributed by atoms with Crippen LogP contribution in [0, 0.1) is 0 Å². The number of hydrogen-bond donors (Lipinski definition) is 2. The Labute approximate surface area is 204 Å². The fourth-order valence-electron chi connectivity index (χ4n) is 4.99. The van der Waals surface area contributed by atoms with Crippen LogP contribution >= 0.6 is 0 Å². The van der Waals surface area contributed by atoms with Crippen molar-refractivity contribution in [1.29, 1.82) is 0 Å². The molecular formula is C27H30N8. The lowest BCUT2D eigenvalue weighted by molar-refractivity contribution is 0.599. The molecule has 0 amide bonds. The average molecular weight is 467 g/mol. The Kier molecular flexibility index (Phi) is 5.16. The van der Waals surface area contributed by atoms with Crippen molar-refractivity contribution >= 4 is 28.2 Å². The summed E-state index contributed by atoms with van der Waals surface area (Å²) >= 11 is 0. The van der Waals surface area contributed by atoms with E-state index in [1.165, 1.54) is 22.2 Å². The van der Waals surface area contributed by atoms with Crippen molar-refractivity contribution in [2.75, 3.05) is 24.3 Å². The highest BCUT2D eigenvalue weighted by molar-refractivity contribution is 5.85. The first-order valence-electron chi connectivity index (χ1n) is 12.2. The van der Waals surface area contributed by atoms with Crippen LogP contribution in [-0.2, 0) is 12.8 Å². The monoisotopic (exact) mass is 466 g/mol. The molecule has 1 aromatic carbocycles. The van der Waals surface area contributed by atoms with Gasteiger partial charge in [0, 0.05) is 54.1 Å². The summed E-state index contributed by atoms with van der Waals surface area (Å²) in [6, 6.07) is 10.9. The van der Waals surface area contributed by atoms with E-state index >= 15 is 0 Å². The zero-order valence-corrected chi connectivity index (χ0v) is 20.6. The number of hydrogen-bond acceptors (Lipinski definition) is 6. The fraction of sp³-hybridized carbons (Fsp3) is 0.333. The third-order valence-electron chi connectivity index (χ3n) is 6.94. The smallest absolute Gasteiger partial charge is 0.228 e. The number of aromatic nitrogens is 6. The molecule has 1 aliphatic carbocycles. The topological polar surface area (TPSA) is 87.0 Å². The van der Waals surface area contributed by atoms with Gasteiger partial charge in [-0.25, -0.2) is 4.98 Å². The van der Waals surface area contributed by atoms with E-state index in [2.05, 4.69) is 64.6 Å². The minimum absolute atomic E-state index is 0.255. The van der Waals surface area contributed by atoms with Gasteiger partial charge < -0.3 is 15.2 Å². The number of rotatable bonds is 5. The first-order valence-corrected chi connectivity index (χ1v) is 12.2. The van der Waals surface area contributed by atoms with Crippen LogP contribution in [0.2, 0.25) is 0 Å². The van der Waals surface area contributed by atoms with Crippen LogP contribution in [-0.4, -0.2) is 49.7 Å². The van der Waals surface area contributed by atoms with E-state index < -0.39 is 0 Å². The Morgan fingerprint density at radius 1 is 1.11 bits per heavy atom. The number of benzene rings is 1. The molecule has 4 heterocycles. The van der Waals surface area contributed by atoms with Crippen LogP contribution in [0.4, 0.5) is 11.6 Å². The maximum atomic E-state index is 4.96. The molecule has 0 unspecified atom stereocenters. The number of aromatic amines is 1. The molecule has 5 aromatic rings. The molecule has 35 heavy (non-hydrogen) atoms. The Morgan fingerprint density at radius 3 is 2.80 bits per heavy atom. The molecule has 178 valence electrons. The number of pyridine rings is 1. The van der Waals surface area contributed by atoms with E-state index in [1.807, 2.05) is 42.1 Å². The summed E-state index contributed by atoms with van der Waals surface area (Å²) in [6.45, 7) is 4.33. The van der Waals surface area contributed by atoms with Gasteiger partial charge in [0.25, 0.3) is 0 Å². The normalized spacial score (nSPS) is 15.6. The third kappa shape index (κ3) is 3.79. The summed E-state index contributed by atoms with van der Waals surface area (Å²) in [6.07, 6.45) is 8.56. The number of anilines is 2. The quantitative estimate of drug-likeness (QED) is 0.386. The Hall–Kier alpha value is -3.94. The largest absolute Gasteiger partial charge is 0.376 e. The van der Waals surface area contributed by atoms with Gasteiger partial charge in [-0.3, -0.25) is 4.98 Å². The lowest BCUT2D eigenvalue weighted by Gasteiger charge is -2.24. The highest BCUT2D eigenvalue weighted by atomic mass is 15.4. The molecule has 0 spiro atoms. The summed E-state index contributed by atoms with van der Waals surface area (Å²) in [4.78, 5) is 20.0. The second-order valence-corrected chi connectivity index (χ2v) is 9.90. The number of aryl methyl sites for hydroxylation is 1. The number of fused-ring (bicyclic) bond motifs is 4. The predicted molar refractivity (Wildman–Crippen MR) is 140 cm³/mol. The molecule has 0 saturated carbocycles. The molecule has 0 fully saturated rings. The van der Waals surface area contributed by atoms with Crippen molar-refractivity contribution < 1.29 is 0 Å². The van der Waals surface area contributed by atoms with Crippen molar-refractivity contribution in [3.63, 3.8) is 0 Å². The molecule has 8 nitrogen and oxygen atoms in total. The second kappa shape index (κ2) is 8.37. The van der Waals surface area contributed by atoms with Gasteiger partial charge in [0.1, 0.15) is 0 Å². The summed E-state index contributed by atoms with van der Waals surface area (Å²) in [5.74, 6) is 1.68. The van der Waals surface area contributed by atoms with E-state index in [0.717, 1.165) is 47.7 Å². The fourth-order valence-corrected chi connectivity index (χ4v) is 4.99. The molecule has 0 saturated heterocycles. The van der Waals surface area contributed by atoms with Crippen molar-refractivity contribution in [2.45, 2.75) is 45.1 Å². The van der Waals surface area contributed by atoms with E-state index in [-0.39, 0.29) is 6.04 Å². The van der Waals surface area contributed by atoms with Gasteiger partial charge in [0.15, 0.2) is 11.5 Å². The molecule has 8 heteroatoms. The number of nitrogens with one attached hydrogen (secondary N) is 2. The van der Waals surface area contributed by atoms with Gasteiger partial charge in [-0.05, 0) is 42.9 Å². The highest BCUT2D eigenvalue weighted by Crippen LogP contribution is 2.31. The minimum Gasteiger partial charge on any atom is -0.376 e. The van der Waals surface area contributed by atoms with Gasteiger partial charge in [-0.2, -0.15) is 14.6 Å². The van der Waals surface area contributed by atoms with Crippen LogP contribution in [0.1, 0.15) is 43.0 Å². The predicted octanol–water partition coefficient (Wildman–Crippen LogP) is 4.83. The maximum Gasteiger partial charge on any atom is 0.228 e. The zero-order chi connectivity index (χ0) is 24.1. The van der Waals surface area contributed by atoms with Gasteiger partial charge in [0.2, 0.25) is 5.95 Å². The SMILES string of the molecule is CC(C)c1cnn2c(N[C@@H]3CCc4[nH]c5ccccc5c4C3)nc(-c3cncc(N(C)C)c3)nc12. The van der Waals surface area contributed by atoms with Gasteiger partial charge in [0.05, 0.1) is 18.1 Å². The Bertz CT molecular complexity index is 1530. The lowest BCUT2D eigenvalue weighted by atomic mass is 9.91. The van der Waals surface area contributed by atoms with E-state index in [1.54, 1.807) is 0 Å². The second-order valence-electron chi connectivity index (χ2n) is 9.90. The van der Waals surface area contributed by atoms with Crippen LogP contribution < -0.4 is 10.2 Å². The number of para-hydroxylation sites is 1. The van der Waals surface area contributed by atoms with E-state index in [4.69, 9.17) is 9.97 Å². The molecule has 2 N–H and O–H groups in total. The standard InChI is InChI=1S/C27H30N8/c1-16(2)22-15-29-35-26(22)32-25(17-11-19(34(3)4)14-28-13-17)33-27(35)30-18-9-10-24-21(12-18)20-7-5-6-8-23(20)31-24/h5-8,11,13-16,18,31H,9-10,12H2,1-4H3,(H,30,32,33)/t18-/m1/s1. The highest BCUT2D eigenvalue weighted by Gasteiger charge is 2.24. The summed E-state index contributed by atoms with van der Waals surface area (Å²) in [7, 11) is 4.02. The average Bonchev–Trinajstić information content (AvgIpc) is 3.46. The Balaban J connectivity index is 1.41. The third-order valence-corrected chi connectivity index (χ3v) is 6.94. The zero-order valence-electron chi connectivity index (χ0n) is 20.6. The number of nitrogens with zero attached hydrogens (tertiary/aromatic N) is 6. The minimum atomic E-state index is 0.255. The first-order chi connectivity index (χ1) is 17.0. The van der Waals surface area contributed by atoms with E-state index in [9.17, 15) is 0 Å². The van der Waals surface area contributed by atoms with Crippen LogP contribution in [0.3, 0.4) is 0 Å². The van der Waals surface area contributed by atoms with Crippen LogP contribution in [0.15, 0.2) is 48.9 Å². The molecule has 0 aliphatic heterocycles. The molecule has 6 rings (SSSR count). The summed E-state index contributed by atoms with van der Waals surface area (Å²) in [5.41, 5.74) is 7.82. The van der Waals surface area contributed by atoms with Crippen LogP contribution in [0.25, 0.3) is 27.9 Å². The maximum absolute atomic E-state index is 4.96. The van der Waals surface area contributed by atoms with Crippen LogP contribution in [0.5, 0.6) is 0 Å². The molecule has 1 aliphatic rings. The van der Waals surface area contributed by atoms with Crippen molar-refractivity contribution in [3.8, 4) is 11.4 Å². The number of H-pyrrole nitrogens is 1. The Morgan fingerprint density at radius 2 is 1.97 bits per heavy atom. The van der Waals surface area contributed by atoms with Gasteiger partial charge in [-0.1, -0.05) is 32.0 Å². The molecular weight excluding hydrogens is 436 g/mol. The first kappa shape index (κ1) is 21.6. The molecule has 0 bridgehead atoms. The van der Waals surface area contributed by atoms with Gasteiger partial charge >= 0.3 is 0 Å². The molecule has 0 radical (unpaired) electrons. The molecule has 4 aromatic heterocycles. The van der Waals surface area contributed by atoms with Crippen molar-refractivity contribution in [2.24, 2.45) is 0 Å².